The summed E-state index contributed by atoms with van der Waals surface area (Å²) in [7, 11) is 0. The number of rotatable bonds is 10. The molecule has 0 radical (unpaired) electrons. The number of hydrogen-bond donors (Lipinski definition) is 2. The predicted molar refractivity (Wildman–Crippen MR) is 85.2 cm³/mol. The molecule has 1 aromatic carbocycles. The molecule has 1 saturated heterocycles. The minimum absolute atomic E-state index is 0.0265. The molecule has 138 valence electrons. The first-order valence-corrected chi connectivity index (χ1v) is 7.96. The second-order valence-corrected chi connectivity index (χ2v) is 5.61. The first-order chi connectivity index (χ1) is 12.1. The Hall–Kier alpha value is -2.00. The van der Waals surface area contributed by atoms with E-state index in [0.717, 1.165) is 5.56 Å². The molecule has 1 fully saturated rings. The van der Waals surface area contributed by atoms with Crippen molar-refractivity contribution in [2.75, 3.05) is 26.4 Å². The number of ether oxygens (including phenoxy) is 4. The highest BCUT2D eigenvalue weighted by Crippen LogP contribution is 2.23. The van der Waals surface area contributed by atoms with E-state index < -0.39 is 43.5 Å². The van der Waals surface area contributed by atoms with Crippen LogP contribution in [0.2, 0.25) is 0 Å². The van der Waals surface area contributed by atoms with Gasteiger partial charge in [-0.25, -0.2) is 9.59 Å². The Morgan fingerprint density at radius 1 is 1.08 bits per heavy atom. The van der Waals surface area contributed by atoms with Crippen LogP contribution in [0.4, 0.5) is 0 Å². The second kappa shape index (κ2) is 10.1. The monoisotopic (exact) mass is 354 g/mol. The van der Waals surface area contributed by atoms with Crippen molar-refractivity contribution in [2.24, 2.45) is 0 Å². The molecule has 8 heteroatoms. The lowest BCUT2D eigenvalue weighted by atomic mass is 10.0. The molecule has 0 spiro atoms. The van der Waals surface area contributed by atoms with Crippen LogP contribution in [-0.2, 0) is 35.1 Å². The highest BCUT2D eigenvalue weighted by molar-refractivity contribution is 5.68. The summed E-state index contributed by atoms with van der Waals surface area (Å²) in [6, 6.07) is 9.50. The van der Waals surface area contributed by atoms with Gasteiger partial charge in [-0.3, -0.25) is 0 Å². The van der Waals surface area contributed by atoms with Crippen LogP contribution in [0.25, 0.3) is 0 Å². The molecule has 0 bridgehead atoms. The van der Waals surface area contributed by atoms with E-state index in [4.69, 9.17) is 29.2 Å². The molecule has 1 aliphatic rings. The van der Waals surface area contributed by atoms with E-state index in [1.807, 2.05) is 30.3 Å². The van der Waals surface area contributed by atoms with Gasteiger partial charge in [0.05, 0.1) is 19.3 Å². The summed E-state index contributed by atoms with van der Waals surface area (Å²) in [5.41, 5.74) is 0.954. The highest BCUT2D eigenvalue weighted by Gasteiger charge is 2.36. The maximum absolute atomic E-state index is 10.8. The number of carboxylic acid groups (broad SMARTS) is 2. The van der Waals surface area contributed by atoms with Gasteiger partial charge in [0.1, 0.15) is 25.4 Å². The van der Waals surface area contributed by atoms with Gasteiger partial charge in [0, 0.05) is 6.61 Å². The normalized spacial score (nSPS) is 23.3. The third-order valence-corrected chi connectivity index (χ3v) is 3.68. The quantitative estimate of drug-likeness (QED) is 0.638. The van der Waals surface area contributed by atoms with Crippen LogP contribution >= 0.6 is 0 Å². The van der Waals surface area contributed by atoms with E-state index in [1.165, 1.54) is 0 Å². The molecular weight excluding hydrogens is 332 g/mol. The van der Waals surface area contributed by atoms with Crippen molar-refractivity contribution in [1.29, 1.82) is 0 Å². The number of hydrogen-bond acceptors (Lipinski definition) is 6. The van der Waals surface area contributed by atoms with Gasteiger partial charge in [0.2, 0.25) is 0 Å². The van der Waals surface area contributed by atoms with Crippen molar-refractivity contribution >= 4 is 11.9 Å². The summed E-state index contributed by atoms with van der Waals surface area (Å²) in [6.45, 7) is -0.184. The van der Waals surface area contributed by atoms with Crippen molar-refractivity contribution in [3.8, 4) is 0 Å². The predicted octanol–water partition coefficient (Wildman–Crippen LogP) is 0.932. The lowest BCUT2D eigenvalue weighted by Gasteiger charge is -2.37. The molecule has 8 nitrogen and oxygen atoms in total. The van der Waals surface area contributed by atoms with Crippen molar-refractivity contribution in [2.45, 2.75) is 31.3 Å². The zero-order valence-electron chi connectivity index (χ0n) is 13.7. The largest absolute Gasteiger partial charge is 0.480 e. The summed E-state index contributed by atoms with van der Waals surface area (Å²) < 4.78 is 22.1. The van der Waals surface area contributed by atoms with E-state index in [9.17, 15) is 9.59 Å². The summed E-state index contributed by atoms with van der Waals surface area (Å²) in [5.74, 6) is -2.14. The minimum atomic E-state index is -1.07. The van der Waals surface area contributed by atoms with E-state index in [-0.39, 0.29) is 6.61 Å². The van der Waals surface area contributed by atoms with Gasteiger partial charge in [-0.1, -0.05) is 30.3 Å². The van der Waals surface area contributed by atoms with Crippen LogP contribution < -0.4 is 0 Å². The lowest BCUT2D eigenvalue weighted by molar-refractivity contribution is -0.198. The first-order valence-electron chi connectivity index (χ1n) is 7.96. The molecule has 0 aliphatic carbocycles. The fourth-order valence-corrected chi connectivity index (χ4v) is 2.58. The fraction of sp³-hybridized carbons (Fsp3) is 0.529. The Labute approximate surface area is 145 Å². The van der Waals surface area contributed by atoms with Gasteiger partial charge in [0.25, 0.3) is 0 Å². The van der Waals surface area contributed by atoms with Crippen LogP contribution in [0.3, 0.4) is 0 Å². The third-order valence-electron chi connectivity index (χ3n) is 3.68. The van der Waals surface area contributed by atoms with Crippen LogP contribution in [0, 0.1) is 0 Å². The average molecular weight is 354 g/mol. The molecule has 0 saturated carbocycles. The maximum Gasteiger partial charge on any atom is 0.329 e. The molecule has 0 amide bonds. The Balaban J connectivity index is 1.98. The molecule has 1 heterocycles. The second-order valence-electron chi connectivity index (χ2n) is 5.61. The summed E-state index contributed by atoms with van der Waals surface area (Å²) in [4.78, 5) is 21.4. The fourth-order valence-electron chi connectivity index (χ4n) is 2.58. The molecular formula is C17H22O8. The molecule has 2 N–H and O–H groups in total. The molecule has 1 aromatic rings. The van der Waals surface area contributed by atoms with E-state index in [2.05, 4.69) is 0 Å². The molecule has 1 aliphatic heterocycles. The zero-order chi connectivity index (χ0) is 18.1. The van der Waals surface area contributed by atoms with Crippen molar-refractivity contribution in [3.05, 3.63) is 35.9 Å². The maximum atomic E-state index is 10.8. The molecule has 2 rings (SSSR count). The van der Waals surface area contributed by atoms with Gasteiger partial charge in [-0.2, -0.15) is 0 Å². The number of carboxylic acids is 2. The van der Waals surface area contributed by atoms with Crippen molar-refractivity contribution in [3.63, 3.8) is 0 Å². The third kappa shape index (κ3) is 6.79. The molecule has 2 unspecified atom stereocenters. The highest BCUT2D eigenvalue weighted by atomic mass is 16.6. The number of benzene rings is 1. The van der Waals surface area contributed by atoms with Crippen LogP contribution in [0.1, 0.15) is 12.0 Å². The smallest absolute Gasteiger partial charge is 0.329 e. The summed E-state index contributed by atoms with van der Waals surface area (Å²) in [6.07, 6.45) is -1.06. The SMILES string of the molecule is O=C(O)COCC1OCCC(OCC(=O)O)[C@@H]1OCc1ccccc1. The Morgan fingerprint density at radius 3 is 2.48 bits per heavy atom. The van der Waals surface area contributed by atoms with Gasteiger partial charge < -0.3 is 29.2 Å². The molecule has 3 atom stereocenters. The lowest BCUT2D eigenvalue weighted by Crippen LogP contribution is -2.50. The molecule has 0 aromatic heterocycles. The van der Waals surface area contributed by atoms with Gasteiger partial charge in [-0.15, -0.1) is 0 Å². The van der Waals surface area contributed by atoms with Crippen molar-refractivity contribution < 1.29 is 38.7 Å². The van der Waals surface area contributed by atoms with Crippen LogP contribution in [-0.4, -0.2) is 66.9 Å². The van der Waals surface area contributed by atoms with Crippen LogP contribution in [0.15, 0.2) is 30.3 Å². The zero-order valence-corrected chi connectivity index (χ0v) is 13.7. The van der Waals surface area contributed by atoms with Crippen LogP contribution in [0.5, 0.6) is 0 Å². The Kier molecular flexibility index (Phi) is 7.80. The standard InChI is InChI=1S/C17H22O8/c18-15(19)10-22-9-14-17(25-8-12-4-2-1-3-5-12)13(6-7-23-14)24-11-16(20)21/h1-5,13-14,17H,6-11H2,(H,18,19)(H,20,21)/t13?,14?,17-/m0/s1. The van der Waals surface area contributed by atoms with Gasteiger partial charge in [0.15, 0.2) is 0 Å². The van der Waals surface area contributed by atoms with Crippen molar-refractivity contribution in [1.82, 2.24) is 0 Å². The number of carbonyl (C=O) groups is 2. The van der Waals surface area contributed by atoms with E-state index >= 15 is 0 Å². The first kappa shape index (κ1) is 19.3. The number of aliphatic carboxylic acids is 2. The van der Waals surface area contributed by atoms with Gasteiger partial charge in [-0.05, 0) is 12.0 Å². The minimum Gasteiger partial charge on any atom is -0.480 e. The summed E-state index contributed by atoms with van der Waals surface area (Å²) >= 11 is 0. The Bertz CT molecular complexity index is 547. The van der Waals surface area contributed by atoms with E-state index in [1.54, 1.807) is 0 Å². The topological polar surface area (TPSA) is 112 Å². The Morgan fingerprint density at radius 2 is 1.80 bits per heavy atom. The average Bonchev–Trinajstić information content (AvgIpc) is 2.59. The van der Waals surface area contributed by atoms with E-state index in [0.29, 0.717) is 19.6 Å². The summed E-state index contributed by atoms with van der Waals surface area (Å²) in [5, 5.41) is 17.5. The van der Waals surface area contributed by atoms with Gasteiger partial charge >= 0.3 is 11.9 Å². The molecule has 25 heavy (non-hydrogen) atoms.